The third-order valence-electron chi connectivity index (χ3n) is 2.47. The van der Waals surface area contributed by atoms with E-state index in [1.54, 1.807) is 6.92 Å². The van der Waals surface area contributed by atoms with Gasteiger partial charge in [0, 0.05) is 6.54 Å². The molecule has 4 nitrogen and oxygen atoms in total. The fourth-order valence-corrected chi connectivity index (χ4v) is 1.76. The van der Waals surface area contributed by atoms with Gasteiger partial charge in [-0.05, 0) is 19.4 Å². The van der Waals surface area contributed by atoms with Crippen LogP contribution in [0.2, 0.25) is 5.15 Å². The number of hydrogen-bond acceptors (Lipinski definition) is 3. The Kier molecular flexibility index (Phi) is 5.04. The summed E-state index contributed by atoms with van der Waals surface area (Å²) in [6.07, 6.45) is 2.29. The summed E-state index contributed by atoms with van der Waals surface area (Å²) in [6.45, 7) is 3.64. The van der Waals surface area contributed by atoms with Gasteiger partial charge in [0.1, 0.15) is 11.0 Å². The molecule has 0 aromatic carbocycles. The zero-order chi connectivity index (χ0) is 13.8. The van der Waals surface area contributed by atoms with Gasteiger partial charge in [-0.3, -0.25) is 4.79 Å². The molecule has 0 saturated carbocycles. The fraction of sp³-hybridized carbons (Fsp3) is 0.500. The smallest absolute Gasteiger partial charge is 0.254 e. The van der Waals surface area contributed by atoms with Crippen LogP contribution in [0.4, 0.5) is 4.39 Å². The van der Waals surface area contributed by atoms with Crippen molar-refractivity contribution in [3.05, 3.63) is 28.8 Å². The van der Waals surface area contributed by atoms with Gasteiger partial charge in [-0.15, -0.1) is 0 Å². The van der Waals surface area contributed by atoms with E-state index in [9.17, 15) is 14.3 Å². The Balaban J connectivity index is 2.69. The van der Waals surface area contributed by atoms with Gasteiger partial charge in [-0.1, -0.05) is 24.9 Å². The van der Waals surface area contributed by atoms with E-state index in [2.05, 4.69) is 10.3 Å². The van der Waals surface area contributed by atoms with Crippen LogP contribution in [0.3, 0.4) is 0 Å². The summed E-state index contributed by atoms with van der Waals surface area (Å²) in [5, 5.41) is 12.3. The molecule has 2 N–H and O–H groups in total. The lowest BCUT2D eigenvalue weighted by Gasteiger charge is -2.22. The van der Waals surface area contributed by atoms with Crippen LogP contribution in [0.25, 0.3) is 0 Å². The van der Waals surface area contributed by atoms with E-state index in [1.807, 2.05) is 6.92 Å². The molecule has 0 spiro atoms. The van der Waals surface area contributed by atoms with Crippen molar-refractivity contribution in [2.45, 2.75) is 32.3 Å². The first-order valence-corrected chi connectivity index (χ1v) is 6.05. The van der Waals surface area contributed by atoms with Gasteiger partial charge in [-0.25, -0.2) is 9.37 Å². The molecular formula is C12H16ClFN2O2. The molecule has 1 heterocycles. The molecule has 6 heteroatoms. The lowest BCUT2D eigenvalue weighted by Crippen LogP contribution is -2.40. The van der Waals surface area contributed by atoms with Crippen LogP contribution in [0.15, 0.2) is 12.3 Å². The molecule has 18 heavy (non-hydrogen) atoms. The lowest BCUT2D eigenvalue weighted by molar-refractivity contribution is 0.0469. The number of nitrogens with one attached hydrogen (secondary N) is 1. The van der Waals surface area contributed by atoms with Crippen molar-refractivity contribution in [3.8, 4) is 0 Å². The standard InChI is InChI=1S/C12H16ClFN2O2/c1-3-4-12(2,18)7-16-11(17)9-5-8(14)6-15-10(9)13/h5-6,18H,3-4,7H2,1-2H3,(H,16,17). The monoisotopic (exact) mass is 274 g/mol. The number of rotatable bonds is 5. The first kappa shape index (κ1) is 14.9. The summed E-state index contributed by atoms with van der Waals surface area (Å²) in [6, 6.07) is 1.01. The second kappa shape index (κ2) is 6.11. The molecule has 0 fully saturated rings. The van der Waals surface area contributed by atoms with Crippen molar-refractivity contribution in [3.63, 3.8) is 0 Å². The number of carbonyl (C=O) groups is 1. The van der Waals surface area contributed by atoms with E-state index < -0.39 is 17.3 Å². The molecule has 0 bridgehead atoms. The van der Waals surface area contributed by atoms with Crippen LogP contribution < -0.4 is 5.32 Å². The maximum atomic E-state index is 13.0. The number of aromatic nitrogens is 1. The fourth-order valence-electron chi connectivity index (χ4n) is 1.57. The van der Waals surface area contributed by atoms with Crippen LogP contribution >= 0.6 is 11.6 Å². The molecule has 0 aliphatic rings. The Hall–Kier alpha value is -1.20. The highest BCUT2D eigenvalue weighted by Crippen LogP contribution is 2.15. The van der Waals surface area contributed by atoms with Gasteiger partial charge in [0.15, 0.2) is 0 Å². The minimum atomic E-state index is -0.988. The van der Waals surface area contributed by atoms with Crippen LogP contribution in [-0.4, -0.2) is 28.1 Å². The SMILES string of the molecule is CCCC(C)(O)CNC(=O)c1cc(F)cnc1Cl. The number of aliphatic hydroxyl groups is 1. The molecule has 1 aromatic rings. The molecule has 0 aliphatic heterocycles. The van der Waals surface area contributed by atoms with E-state index in [1.165, 1.54) is 0 Å². The zero-order valence-corrected chi connectivity index (χ0v) is 11.1. The largest absolute Gasteiger partial charge is 0.388 e. The predicted molar refractivity (Wildman–Crippen MR) is 67.1 cm³/mol. The van der Waals surface area contributed by atoms with Gasteiger partial charge in [0.2, 0.25) is 0 Å². The Morgan fingerprint density at radius 3 is 2.94 bits per heavy atom. The highest BCUT2D eigenvalue weighted by atomic mass is 35.5. The molecular weight excluding hydrogens is 259 g/mol. The van der Waals surface area contributed by atoms with Crippen LogP contribution in [0, 0.1) is 5.82 Å². The van der Waals surface area contributed by atoms with E-state index in [0.29, 0.717) is 6.42 Å². The van der Waals surface area contributed by atoms with Crippen molar-refractivity contribution in [1.82, 2.24) is 10.3 Å². The molecule has 1 atom stereocenters. The summed E-state index contributed by atoms with van der Waals surface area (Å²) < 4.78 is 13.0. The first-order valence-electron chi connectivity index (χ1n) is 5.67. The first-order chi connectivity index (χ1) is 8.35. The van der Waals surface area contributed by atoms with E-state index in [-0.39, 0.29) is 17.3 Å². The number of halogens is 2. The topological polar surface area (TPSA) is 62.2 Å². The van der Waals surface area contributed by atoms with Crippen LogP contribution in [0.1, 0.15) is 37.0 Å². The lowest BCUT2D eigenvalue weighted by atomic mass is 10.0. The van der Waals surface area contributed by atoms with E-state index in [0.717, 1.165) is 18.7 Å². The number of nitrogens with zero attached hydrogens (tertiary/aromatic N) is 1. The predicted octanol–water partition coefficient (Wildman–Crippen LogP) is 2.16. The Labute approximate surface area is 110 Å². The van der Waals surface area contributed by atoms with Gasteiger partial charge in [0.05, 0.1) is 17.4 Å². The molecule has 0 aliphatic carbocycles. The van der Waals surface area contributed by atoms with Crippen molar-refractivity contribution < 1.29 is 14.3 Å². The highest BCUT2D eigenvalue weighted by Gasteiger charge is 2.21. The second-order valence-electron chi connectivity index (χ2n) is 4.42. The number of pyridine rings is 1. The van der Waals surface area contributed by atoms with Gasteiger partial charge < -0.3 is 10.4 Å². The quantitative estimate of drug-likeness (QED) is 0.809. The maximum Gasteiger partial charge on any atom is 0.254 e. The van der Waals surface area contributed by atoms with Crippen molar-refractivity contribution in [1.29, 1.82) is 0 Å². The molecule has 1 unspecified atom stereocenters. The Morgan fingerprint density at radius 2 is 2.33 bits per heavy atom. The molecule has 100 valence electrons. The summed E-state index contributed by atoms with van der Waals surface area (Å²) in [4.78, 5) is 15.3. The van der Waals surface area contributed by atoms with Crippen LogP contribution in [0.5, 0.6) is 0 Å². The average Bonchev–Trinajstić information content (AvgIpc) is 2.29. The molecule has 0 saturated heterocycles. The molecule has 1 amide bonds. The minimum Gasteiger partial charge on any atom is -0.388 e. The number of hydrogen-bond donors (Lipinski definition) is 2. The number of amides is 1. The van der Waals surface area contributed by atoms with Crippen molar-refractivity contribution in [2.24, 2.45) is 0 Å². The second-order valence-corrected chi connectivity index (χ2v) is 4.78. The maximum absolute atomic E-state index is 13.0. The average molecular weight is 275 g/mol. The van der Waals surface area contributed by atoms with Crippen molar-refractivity contribution in [2.75, 3.05) is 6.54 Å². The molecule has 1 rings (SSSR count). The minimum absolute atomic E-state index is 0.0380. The normalized spacial score (nSPS) is 14.1. The summed E-state index contributed by atoms with van der Waals surface area (Å²) in [5.74, 6) is -1.19. The third kappa shape index (κ3) is 4.23. The highest BCUT2D eigenvalue weighted by molar-refractivity contribution is 6.32. The number of carbonyl (C=O) groups excluding carboxylic acids is 1. The summed E-state index contributed by atoms with van der Waals surface area (Å²) in [5.41, 5.74) is -1.03. The van der Waals surface area contributed by atoms with E-state index in [4.69, 9.17) is 11.6 Å². The van der Waals surface area contributed by atoms with Gasteiger partial charge >= 0.3 is 0 Å². The Bertz CT molecular complexity index is 438. The molecule has 0 radical (unpaired) electrons. The Morgan fingerprint density at radius 1 is 1.67 bits per heavy atom. The molecule has 1 aromatic heterocycles. The van der Waals surface area contributed by atoms with Crippen molar-refractivity contribution >= 4 is 17.5 Å². The third-order valence-corrected chi connectivity index (χ3v) is 2.77. The zero-order valence-electron chi connectivity index (χ0n) is 10.3. The van der Waals surface area contributed by atoms with Crippen LogP contribution in [-0.2, 0) is 0 Å². The summed E-state index contributed by atoms with van der Waals surface area (Å²) >= 11 is 5.70. The summed E-state index contributed by atoms with van der Waals surface area (Å²) in [7, 11) is 0. The van der Waals surface area contributed by atoms with E-state index >= 15 is 0 Å². The van der Waals surface area contributed by atoms with Gasteiger partial charge in [-0.2, -0.15) is 0 Å². The van der Waals surface area contributed by atoms with Gasteiger partial charge in [0.25, 0.3) is 5.91 Å².